The summed E-state index contributed by atoms with van der Waals surface area (Å²) in [5.74, 6) is -0.445. The molecule has 3 N–H and O–H groups in total. The van der Waals surface area contributed by atoms with E-state index in [0.29, 0.717) is 31.7 Å². The molecule has 3 heterocycles. The molecular formula is C25H28ClN3O4. The lowest BCUT2D eigenvalue weighted by atomic mass is 9.93. The maximum absolute atomic E-state index is 13.0. The predicted octanol–water partition coefficient (Wildman–Crippen LogP) is 2.15. The standard InChI is InChI=1S/C25H28ClN3O4/c26-21-9-16(25(32)29-18-6-7-19(29)14-33-13-18)5-8-20(21)24(31)28-12-23(30)22-10-15-3-1-2-4-17(15)11-27-22/h1-5,8-9,18-19,22-23,27,30H,6-7,10-14H2,(H,28,31)/t18?,19?,22-,23+/m0/s1. The Bertz CT molecular complexity index is 1050. The highest BCUT2D eigenvalue weighted by molar-refractivity contribution is 6.34. The lowest BCUT2D eigenvalue weighted by Crippen LogP contribution is -2.49. The average molecular weight is 470 g/mol. The van der Waals surface area contributed by atoms with Gasteiger partial charge in [0, 0.05) is 24.7 Å². The zero-order chi connectivity index (χ0) is 22.9. The van der Waals surface area contributed by atoms with Crippen LogP contribution in [0.25, 0.3) is 0 Å². The van der Waals surface area contributed by atoms with Crippen LogP contribution in [-0.4, -0.2) is 65.8 Å². The first-order chi connectivity index (χ1) is 16.0. The van der Waals surface area contributed by atoms with Crippen LogP contribution in [0, 0.1) is 0 Å². The molecule has 0 aliphatic carbocycles. The van der Waals surface area contributed by atoms with Gasteiger partial charge in [0.1, 0.15) is 0 Å². The van der Waals surface area contributed by atoms with Crippen molar-refractivity contribution < 1.29 is 19.4 Å². The van der Waals surface area contributed by atoms with E-state index >= 15 is 0 Å². The first-order valence-electron chi connectivity index (χ1n) is 11.5. The molecule has 2 unspecified atom stereocenters. The van der Waals surface area contributed by atoms with Crippen LogP contribution in [-0.2, 0) is 17.7 Å². The van der Waals surface area contributed by atoms with E-state index in [1.165, 1.54) is 11.1 Å². The Morgan fingerprint density at radius 2 is 1.88 bits per heavy atom. The Balaban J connectivity index is 1.19. The third-order valence-electron chi connectivity index (χ3n) is 6.98. The third kappa shape index (κ3) is 4.51. The smallest absolute Gasteiger partial charge is 0.254 e. The molecule has 3 aliphatic rings. The van der Waals surface area contributed by atoms with Gasteiger partial charge in [-0.3, -0.25) is 9.59 Å². The van der Waals surface area contributed by atoms with Crippen LogP contribution in [0.2, 0.25) is 5.02 Å². The Hall–Kier alpha value is -2.45. The van der Waals surface area contributed by atoms with Crippen LogP contribution in [0.5, 0.6) is 0 Å². The summed E-state index contributed by atoms with van der Waals surface area (Å²) in [5, 5.41) is 16.9. The van der Waals surface area contributed by atoms with Gasteiger partial charge in [-0.1, -0.05) is 35.9 Å². The molecule has 3 aliphatic heterocycles. The van der Waals surface area contributed by atoms with E-state index < -0.39 is 6.10 Å². The number of nitrogens with one attached hydrogen (secondary N) is 2. The summed E-state index contributed by atoms with van der Waals surface area (Å²) in [5.41, 5.74) is 3.20. The van der Waals surface area contributed by atoms with Crippen LogP contribution >= 0.6 is 11.6 Å². The number of amides is 2. The van der Waals surface area contributed by atoms with Crippen LogP contribution in [0.3, 0.4) is 0 Å². The minimum absolute atomic E-state index is 0.0706. The highest BCUT2D eigenvalue weighted by Gasteiger charge is 2.40. The maximum Gasteiger partial charge on any atom is 0.254 e. The van der Waals surface area contributed by atoms with E-state index in [1.54, 1.807) is 18.2 Å². The van der Waals surface area contributed by atoms with Crippen molar-refractivity contribution in [1.29, 1.82) is 0 Å². The van der Waals surface area contributed by atoms with Crippen molar-refractivity contribution in [3.63, 3.8) is 0 Å². The fourth-order valence-corrected chi connectivity index (χ4v) is 5.39. The molecule has 0 radical (unpaired) electrons. The van der Waals surface area contributed by atoms with E-state index in [4.69, 9.17) is 16.3 Å². The largest absolute Gasteiger partial charge is 0.390 e. The summed E-state index contributed by atoms with van der Waals surface area (Å²) < 4.78 is 5.56. The molecule has 33 heavy (non-hydrogen) atoms. The number of hydrogen-bond donors (Lipinski definition) is 3. The minimum Gasteiger partial charge on any atom is -0.390 e. The highest BCUT2D eigenvalue weighted by Crippen LogP contribution is 2.31. The van der Waals surface area contributed by atoms with E-state index in [-0.39, 0.29) is 47.1 Å². The molecule has 5 rings (SSSR count). The van der Waals surface area contributed by atoms with Crippen LogP contribution in [0.4, 0.5) is 0 Å². The molecule has 7 nitrogen and oxygen atoms in total. The van der Waals surface area contributed by atoms with Gasteiger partial charge >= 0.3 is 0 Å². The first-order valence-corrected chi connectivity index (χ1v) is 11.9. The summed E-state index contributed by atoms with van der Waals surface area (Å²) in [6.45, 7) is 1.94. The molecule has 2 aromatic carbocycles. The van der Waals surface area contributed by atoms with Crippen molar-refractivity contribution in [2.45, 2.75) is 50.0 Å². The number of carbonyl (C=O) groups is 2. The first kappa shape index (κ1) is 22.3. The monoisotopic (exact) mass is 469 g/mol. The van der Waals surface area contributed by atoms with Gasteiger partial charge in [-0.15, -0.1) is 0 Å². The van der Waals surface area contributed by atoms with Crippen molar-refractivity contribution in [3.05, 3.63) is 69.7 Å². The minimum atomic E-state index is -0.737. The normalized spacial score (nSPS) is 24.8. The number of nitrogens with zero attached hydrogens (tertiary/aromatic N) is 1. The number of aliphatic hydroxyl groups is 1. The lowest BCUT2D eigenvalue weighted by Gasteiger charge is -2.34. The zero-order valence-electron chi connectivity index (χ0n) is 18.3. The summed E-state index contributed by atoms with van der Waals surface area (Å²) in [6.07, 6.45) is 1.87. The van der Waals surface area contributed by atoms with Gasteiger partial charge in [0.25, 0.3) is 11.8 Å². The number of morpholine rings is 1. The lowest BCUT2D eigenvalue weighted by molar-refractivity contribution is -0.00716. The number of aliphatic hydroxyl groups excluding tert-OH is 1. The number of fused-ring (bicyclic) bond motifs is 3. The van der Waals surface area contributed by atoms with Crippen molar-refractivity contribution in [1.82, 2.24) is 15.5 Å². The Labute approximate surface area is 198 Å². The maximum atomic E-state index is 13.0. The van der Waals surface area contributed by atoms with Gasteiger partial charge in [0.05, 0.1) is 42.0 Å². The van der Waals surface area contributed by atoms with Gasteiger partial charge in [0.2, 0.25) is 0 Å². The van der Waals surface area contributed by atoms with Crippen molar-refractivity contribution >= 4 is 23.4 Å². The molecule has 0 aromatic heterocycles. The molecule has 2 bridgehead atoms. The second-order valence-electron chi connectivity index (χ2n) is 9.07. The molecule has 2 fully saturated rings. The van der Waals surface area contributed by atoms with Crippen molar-refractivity contribution in [3.8, 4) is 0 Å². The molecule has 2 aromatic rings. The van der Waals surface area contributed by atoms with Crippen LogP contribution in [0.15, 0.2) is 42.5 Å². The van der Waals surface area contributed by atoms with E-state index in [1.807, 2.05) is 17.0 Å². The molecule has 0 spiro atoms. The summed E-state index contributed by atoms with van der Waals surface area (Å²) in [6, 6.07) is 13.0. The summed E-state index contributed by atoms with van der Waals surface area (Å²) in [4.78, 5) is 27.7. The van der Waals surface area contributed by atoms with Crippen molar-refractivity contribution in [2.75, 3.05) is 19.8 Å². The molecule has 8 heteroatoms. The molecule has 4 atom stereocenters. The molecular weight excluding hydrogens is 442 g/mol. The zero-order valence-corrected chi connectivity index (χ0v) is 19.1. The van der Waals surface area contributed by atoms with Gasteiger partial charge < -0.3 is 25.4 Å². The summed E-state index contributed by atoms with van der Waals surface area (Å²) in [7, 11) is 0. The highest BCUT2D eigenvalue weighted by atomic mass is 35.5. The SMILES string of the molecule is O=C(NC[C@@H](O)[C@@H]1Cc2ccccc2CN1)c1ccc(C(=O)N2C3CCC2COC3)cc1Cl. The number of carbonyl (C=O) groups excluding carboxylic acids is 2. The molecule has 2 amide bonds. The number of benzene rings is 2. The second kappa shape index (κ2) is 9.43. The van der Waals surface area contributed by atoms with Gasteiger partial charge in [-0.2, -0.15) is 0 Å². The summed E-state index contributed by atoms with van der Waals surface area (Å²) >= 11 is 6.38. The average Bonchev–Trinajstić information content (AvgIpc) is 3.09. The number of rotatable bonds is 5. The Morgan fingerprint density at radius 3 is 2.61 bits per heavy atom. The molecule has 174 valence electrons. The number of ether oxygens (including phenoxy) is 1. The quantitative estimate of drug-likeness (QED) is 0.624. The number of hydrogen-bond acceptors (Lipinski definition) is 5. The Morgan fingerprint density at radius 1 is 1.15 bits per heavy atom. The van der Waals surface area contributed by atoms with Gasteiger partial charge in [-0.05, 0) is 48.6 Å². The number of halogens is 1. The van der Waals surface area contributed by atoms with E-state index in [9.17, 15) is 14.7 Å². The van der Waals surface area contributed by atoms with E-state index in [0.717, 1.165) is 12.8 Å². The van der Waals surface area contributed by atoms with Gasteiger partial charge in [-0.25, -0.2) is 0 Å². The third-order valence-corrected chi connectivity index (χ3v) is 7.30. The Kier molecular flexibility index (Phi) is 6.38. The molecule has 2 saturated heterocycles. The van der Waals surface area contributed by atoms with E-state index in [2.05, 4.69) is 22.8 Å². The van der Waals surface area contributed by atoms with Crippen molar-refractivity contribution in [2.24, 2.45) is 0 Å². The van der Waals surface area contributed by atoms with Gasteiger partial charge in [0.15, 0.2) is 0 Å². The van der Waals surface area contributed by atoms with Crippen LogP contribution in [0.1, 0.15) is 44.7 Å². The topological polar surface area (TPSA) is 90.9 Å². The predicted molar refractivity (Wildman–Crippen MR) is 124 cm³/mol. The fourth-order valence-electron chi connectivity index (χ4n) is 5.13. The fraction of sp³-hybridized carbons (Fsp3) is 0.440. The molecule has 0 saturated carbocycles. The second-order valence-corrected chi connectivity index (χ2v) is 9.47. The van der Waals surface area contributed by atoms with Crippen LogP contribution < -0.4 is 10.6 Å².